The van der Waals surface area contributed by atoms with Crippen LogP contribution in [0.2, 0.25) is 0 Å². The number of halogens is 1. The summed E-state index contributed by atoms with van der Waals surface area (Å²) in [5, 5.41) is 3.46. The number of guanidine groups is 1. The van der Waals surface area contributed by atoms with Crippen LogP contribution in [0.25, 0.3) is 0 Å². The lowest BCUT2D eigenvalue weighted by Crippen LogP contribution is -2.38. The molecule has 0 atom stereocenters. The molecule has 2 aromatic heterocycles. The van der Waals surface area contributed by atoms with Crippen LogP contribution in [0, 0.1) is 0 Å². The average Bonchev–Trinajstić information content (AvgIpc) is 3.26. The predicted octanol–water partition coefficient (Wildman–Crippen LogP) is 2.99. The van der Waals surface area contributed by atoms with Gasteiger partial charge >= 0.3 is 0 Å². The third-order valence-electron chi connectivity index (χ3n) is 4.74. The zero-order valence-corrected chi connectivity index (χ0v) is 17.3. The van der Waals surface area contributed by atoms with Crippen molar-refractivity contribution in [3.63, 3.8) is 0 Å². The zero-order valence-electron chi connectivity index (χ0n) is 15.7. The molecule has 1 fully saturated rings. The first-order chi connectivity index (χ1) is 12.6. The van der Waals surface area contributed by atoms with Gasteiger partial charge in [-0.3, -0.25) is 4.99 Å². The van der Waals surface area contributed by atoms with Crippen LogP contribution < -0.4 is 10.2 Å². The average molecular weight is 419 g/mol. The molecule has 26 heavy (non-hydrogen) atoms. The second kappa shape index (κ2) is 8.58. The minimum atomic E-state index is 0.733. The third kappa shape index (κ3) is 4.58. The van der Waals surface area contributed by atoms with E-state index in [4.69, 9.17) is 0 Å². The Morgan fingerprint density at radius 2 is 2.12 bits per heavy atom. The van der Waals surface area contributed by atoms with E-state index in [1.807, 2.05) is 13.2 Å². The summed E-state index contributed by atoms with van der Waals surface area (Å²) in [5.41, 5.74) is 2.45. The summed E-state index contributed by atoms with van der Waals surface area (Å²) in [5.74, 6) is 1.96. The lowest BCUT2D eigenvalue weighted by molar-refractivity contribution is 0.461. The molecule has 3 heterocycles. The minimum Gasteiger partial charge on any atom is -0.357 e. The molecule has 1 N–H and O–H groups in total. The maximum atomic E-state index is 4.52. The Morgan fingerprint density at radius 1 is 1.35 bits per heavy atom. The molecule has 140 valence electrons. The lowest BCUT2D eigenvalue weighted by Gasteiger charge is -2.23. The number of nitrogens with one attached hydrogen (secondary N) is 1. The van der Waals surface area contributed by atoms with Gasteiger partial charge in [0.1, 0.15) is 5.82 Å². The van der Waals surface area contributed by atoms with Gasteiger partial charge < -0.3 is 19.7 Å². The van der Waals surface area contributed by atoms with Crippen molar-refractivity contribution < 1.29 is 0 Å². The second-order valence-electron chi connectivity index (χ2n) is 6.73. The largest absolute Gasteiger partial charge is 0.357 e. The van der Waals surface area contributed by atoms with Crippen LogP contribution in [0.15, 0.2) is 40.1 Å². The molecular formula is C19H27BrN6. The second-order valence-corrected chi connectivity index (χ2v) is 7.65. The summed E-state index contributed by atoms with van der Waals surface area (Å²) < 4.78 is 3.22. The number of hydrogen-bond donors (Lipinski definition) is 1. The fourth-order valence-electron chi connectivity index (χ4n) is 3.30. The number of anilines is 1. The van der Waals surface area contributed by atoms with Crippen molar-refractivity contribution in [3.05, 3.63) is 46.3 Å². The Bertz CT molecular complexity index is 763. The summed E-state index contributed by atoms with van der Waals surface area (Å²) in [6.45, 7) is 3.75. The lowest BCUT2D eigenvalue weighted by atomic mass is 10.2. The van der Waals surface area contributed by atoms with E-state index in [0.717, 1.165) is 42.4 Å². The van der Waals surface area contributed by atoms with E-state index in [2.05, 4.69) is 84.1 Å². The van der Waals surface area contributed by atoms with E-state index in [9.17, 15) is 0 Å². The molecule has 0 aromatic carbocycles. The molecule has 1 aliphatic heterocycles. The molecular weight excluding hydrogens is 392 g/mol. The van der Waals surface area contributed by atoms with Crippen LogP contribution >= 0.6 is 15.9 Å². The van der Waals surface area contributed by atoms with Crippen molar-refractivity contribution in [2.24, 2.45) is 12.0 Å². The Hall–Kier alpha value is -2.02. The third-order valence-corrected chi connectivity index (χ3v) is 5.17. The summed E-state index contributed by atoms with van der Waals surface area (Å²) >= 11 is 3.53. The highest BCUT2D eigenvalue weighted by Gasteiger charge is 2.14. The van der Waals surface area contributed by atoms with E-state index in [-0.39, 0.29) is 0 Å². The first-order valence-corrected chi connectivity index (χ1v) is 9.78. The van der Waals surface area contributed by atoms with Crippen molar-refractivity contribution in [3.8, 4) is 0 Å². The molecule has 6 nitrogen and oxygen atoms in total. The molecule has 1 aliphatic rings. The van der Waals surface area contributed by atoms with Gasteiger partial charge in [-0.15, -0.1) is 0 Å². The van der Waals surface area contributed by atoms with Gasteiger partial charge in [0.25, 0.3) is 0 Å². The molecule has 7 heteroatoms. The summed E-state index contributed by atoms with van der Waals surface area (Å²) in [6.07, 6.45) is 6.49. The highest BCUT2D eigenvalue weighted by Crippen LogP contribution is 2.18. The quantitative estimate of drug-likeness (QED) is 0.598. The van der Waals surface area contributed by atoms with Crippen molar-refractivity contribution in [1.29, 1.82) is 0 Å². The van der Waals surface area contributed by atoms with Gasteiger partial charge in [-0.2, -0.15) is 0 Å². The van der Waals surface area contributed by atoms with Crippen LogP contribution in [0.5, 0.6) is 0 Å². The molecule has 0 saturated carbocycles. The first kappa shape index (κ1) is 18.8. The zero-order chi connectivity index (χ0) is 18.5. The number of rotatable bonds is 5. The molecule has 0 amide bonds. The summed E-state index contributed by atoms with van der Waals surface area (Å²) in [4.78, 5) is 13.4. The van der Waals surface area contributed by atoms with Crippen LogP contribution in [0.1, 0.15) is 24.1 Å². The summed E-state index contributed by atoms with van der Waals surface area (Å²) in [7, 11) is 5.93. The molecule has 0 aliphatic carbocycles. The van der Waals surface area contributed by atoms with Crippen LogP contribution in [0.3, 0.4) is 0 Å². The van der Waals surface area contributed by atoms with E-state index in [0.29, 0.717) is 0 Å². The fourth-order valence-corrected chi connectivity index (χ4v) is 3.87. The van der Waals surface area contributed by atoms with Gasteiger partial charge in [0.2, 0.25) is 0 Å². The minimum absolute atomic E-state index is 0.733. The predicted molar refractivity (Wildman–Crippen MR) is 110 cm³/mol. The van der Waals surface area contributed by atoms with E-state index >= 15 is 0 Å². The standard InChI is InChI=1S/C19H27BrN6/c1-21-19(25(3)14-17-11-16(20)13-24(17)2)23-12-15-6-7-22-18(10-15)26-8-4-5-9-26/h6-7,10-11,13H,4-5,8-9,12,14H2,1-3H3,(H,21,23). The van der Waals surface area contributed by atoms with Crippen molar-refractivity contribution >= 4 is 27.7 Å². The number of aromatic nitrogens is 2. The van der Waals surface area contributed by atoms with Crippen LogP contribution in [-0.2, 0) is 20.1 Å². The van der Waals surface area contributed by atoms with Gasteiger partial charge in [0.05, 0.1) is 6.54 Å². The van der Waals surface area contributed by atoms with E-state index < -0.39 is 0 Å². The van der Waals surface area contributed by atoms with Crippen LogP contribution in [0.4, 0.5) is 5.82 Å². The van der Waals surface area contributed by atoms with Gasteiger partial charge in [0.15, 0.2) is 5.96 Å². The number of aliphatic imine (C=N–C) groups is 1. The van der Waals surface area contributed by atoms with Crippen molar-refractivity contribution in [1.82, 2.24) is 19.8 Å². The number of hydrogen-bond acceptors (Lipinski definition) is 3. The maximum absolute atomic E-state index is 4.52. The molecule has 3 rings (SSSR count). The van der Waals surface area contributed by atoms with Gasteiger partial charge in [0, 0.05) is 63.3 Å². The Morgan fingerprint density at radius 3 is 2.77 bits per heavy atom. The first-order valence-electron chi connectivity index (χ1n) is 8.99. The van der Waals surface area contributed by atoms with Gasteiger partial charge in [-0.1, -0.05) is 0 Å². The molecule has 1 saturated heterocycles. The van der Waals surface area contributed by atoms with E-state index in [1.165, 1.54) is 24.1 Å². The SMILES string of the molecule is CN=C(NCc1ccnc(N2CCCC2)c1)N(C)Cc1cc(Br)cn1C. The van der Waals surface area contributed by atoms with Crippen LogP contribution in [-0.4, -0.2) is 47.6 Å². The molecule has 0 spiro atoms. The molecule has 0 bridgehead atoms. The molecule has 0 radical (unpaired) electrons. The van der Waals surface area contributed by atoms with Crippen molar-refractivity contribution in [2.75, 3.05) is 32.1 Å². The maximum Gasteiger partial charge on any atom is 0.194 e. The topological polar surface area (TPSA) is 48.7 Å². The fraction of sp³-hybridized carbons (Fsp3) is 0.474. The van der Waals surface area contributed by atoms with Gasteiger partial charge in [-0.05, 0) is 52.5 Å². The van der Waals surface area contributed by atoms with Crippen molar-refractivity contribution in [2.45, 2.75) is 25.9 Å². The molecule has 2 aromatic rings. The molecule has 0 unspecified atom stereocenters. The van der Waals surface area contributed by atoms with E-state index in [1.54, 1.807) is 0 Å². The number of aryl methyl sites for hydroxylation is 1. The monoisotopic (exact) mass is 418 g/mol. The summed E-state index contributed by atoms with van der Waals surface area (Å²) in [6, 6.07) is 6.38. The Balaban J connectivity index is 1.60. The highest BCUT2D eigenvalue weighted by molar-refractivity contribution is 9.10. The number of nitrogens with zero attached hydrogens (tertiary/aromatic N) is 5. The smallest absolute Gasteiger partial charge is 0.194 e. The number of pyridine rings is 1. The van der Waals surface area contributed by atoms with Gasteiger partial charge in [-0.25, -0.2) is 4.98 Å². The highest BCUT2D eigenvalue weighted by atomic mass is 79.9. The normalized spacial score (nSPS) is 14.8. The Labute approximate surface area is 164 Å². The Kier molecular flexibility index (Phi) is 6.19.